The van der Waals surface area contributed by atoms with Crippen LogP contribution in [0.4, 0.5) is 0 Å². The number of nitrogens with zero attached hydrogens (tertiary/aromatic N) is 3. The Kier molecular flexibility index (Phi) is 4.15. The number of halogens is 1. The third kappa shape index (κ3) is 2.96. The van der Waals surface area contributed by atoms with Crippen molar-refractivity contribution in [3.63, 3.8) is 0 Å². The number of hydrogen-bond acceptors (Lipinski definition) is 5. The summed E-state index contributed by atoms with van der Waals surface area (Å²) in [6, 6.07) is 17.3. The minimum Gasteiger partial charge on any atom is -0.493 e. The molecule has 1 aromatic carbocycles. The maximum atomic E-state index is 10.8. The van der Waals surface area contributed by atoms with Gasteiger partial charge in [0, 0.05) is 11.8 Å². The van der Waals surface area contributed by atoms with Gasteiger partial charge in [0.15, 0.2) is 5.65 Å². The van der Waals surface area contributed by atoms with E-state index in [1.807, 2.05) is 54.6 Å². The summed E-state index contributed by atoms with van der Waals surface area (Å²) >= 11 is 7.58. The van der Waals surface area contributed by atoms with Crippen LogP contribution in [0.5, 0.6) is 5.88 Å². The summed E-state index contributed by atoms with van der Waals surface area (Å²) in [5.41, 5.74) is 3.49. The zero-order valence-electron chi connectivity index (χ0n) is 14.5. The number of rotatable bonds is 4. The lowest BCUT2D eigenvalue weighted by Crippen LogP contribution is -1.95. The second-order valence-electron chi connectivity index (χ2n) is 6.28. The van der Waals surface area contributed by atoms with Crippen LogP contribution in [0.1, 0.15) is 11.5 Å². The molecular formula is C21H14ClN3O2S. The first kappa shape index (κ1) is 17.0. The lowest BCUT2D eigenvalue weighted by atomic mass is 10.1. The van der Waals surface area contributed by atoms with Crippen LogP contribution in [-0.4, -0.2) is 19.5 Å². The SMILES string of the molecule is Oc1c(Cc2ccco2)nc2c(-c3ccc(Cl)s3)nc(-c3ccccc3)cn12. The van der Waals surface area contributed by atoms with Crippen molar-refractivity contribution < 1.29 is 9.52 Å². The maximum absolute atomic E-state index is 10.8. The Balaban J connectivity index is 1.74. The Bertz CT molecular complexity index is 1260. The smallest absolute Gasteiger partial charge is 0.219 e. The van der Waals surface area contributed by atoms with Gasteiger partial charge in [-0.05, 0) is 24.3 Å². The number of benzene rings is 1. The van der Waals surface area contributed by atoms with Crippen molar-refractivity contribution in [1.82, 2.24) is 14.4 Å². The Labute approximate surface area is 169 Å². The van der Waals surface area contributed by atoms with Crippen LogP contribution in [0.15, 0.2) is 71.5 Å². The van der Waals surface area contributed by atoms with Gasteiger partial charge in [0.05, 0.1) is 27.6 Å². The van der Waals surface area contributed by atoms with Crippen molar-refractivity contribution in [3.8, 4) is 27.7 Å². The zero-order chi connectivity index (χ0) is 19.1. The van der Waals surface area contributed by atoms with Crippen molar-refractivity contribution in [3.05, 3.63) is 82.8 Å². The van der Waals surface area contributed by atoms with Crippen LogP contribution in [0.25, 0.3) is 27.5 Å². The summed E-state index contributed by atoms with van der Waals surface area (Å²) in [6.45, 7) is 0. The topological polar surface area (TPSA) is 63.6 Å². The van der Waals surface area contributed by atoms with Crippen LogP contribution >= 0.6 is 22.9 Å². The Hall–Kier alpha value is -3.09. The summed E-state index contributed by atoms with van der Waals surface area (Å²) in [5.74, 6) is 0.811. The molecule has 0 saturated carbocycles. The van der Waals surface area contributed by atoms with Crippen LogP contribution in [-0.2, 0) is 6.42 Å². The van der Waals surface area contributed by atoms with Gasteiger partial charge in [-0.1, -0.05) is 41.9 Å². The zero-order valence-corrected chi connectivity index (χ0v) is 16.1. The number of imidazole rings is 1. The number of hydrogen-bond donors (Lipinski definition) is 1. The first-order chi connectivity index (χ1) is 13.7. The number of aromatic nitrogens is 3. The molecule has 0 bridgehead atoms. The van der Waals surface area contributed by atoms with Gasteiger partial charge in [0.25, 0.3) is 0 Å². The molecule has 0 aliphatic heterocycles. The Morgan fingerprint density at radius 3 is 2.61 bits per heavy atom. The monoisotopic (exact) mass is 407 g/mol. The van der Waals surface area contributed by atoms with Gasteiger partial charge in [0.1, 0.15) is 17.1 Å². The number of thiophene rings is 1. The van der Waals surface area contributed by atoms with Gasteiger partial charge in [-0.3, -0.25) is 4.40 Å². The first-order valence-electron chi connectivity index (χ1n) is 8.63. The molecular weight excluding hydrogens is 394 g/mol. The van der Waals surface area contributed by atoms with Crippen molar-refractivity contribution in [2.75, 3.05) is 0 Å². The van der Waals surface area contributed by atoms with E-state index in [1.54, 1.807) is 16.9 Å². The minimum absolute atomic E-state index is 0.0786. The molecule has 5 rings (SSSR count). The molecule has 28 heavy (non-hydrogen) atoms. The van der Waals surface area contributed by atoms with E-state index in [0.29, 0.717) is 27.8 Å². The van der Waals surface area contributed by atoms with Gasteiger partial charge in [0.2, 0.25) is 5.88 Å². The molecule has 0 spiro atoms. The molecule has 0 aliphatic rings. The highest BCUT2D eigenvalue weighted by Gasteiger charge is 2.20. The van der Waals surface area contributed by atoms with Gasteiger partial charge in [-0.15, -0.1) is 11.3 Å². The normalized spacial score (nSPS) is 11.3. The van der Waals surface area contributed by atoms with E-state index in [0.717, 1.165) is 21.9 Å². The van der Waals surface area contributed by atoms with Gasteiger partial charge in [-0.2, -0.15) is 0 Å². The predicted molar refractivity (Wildman–Crippen MR) is 110 cm³/mol. The second-order valence-corrected chi connectivity index (χ2v) is 7.99. The van der Waals surface area contributed by atoms with E-state index >= 15 is 0 Å². The summed E-state index contributed by atoms with van der Waals surface area (Å²) in [6.07, 6.45) is 3.81. The molecule has 5 nitrogen and oxygen atoms in total. The van der Waals surface area contributed by atoms with Crippen molar-refractivity contribution in [2.24, 2.45) is 0 Å². The highest BCUT2D eigenvalue weighted by Crippen LogP contribution is 2.36. The summed E-state index contributed by atoms with van der Waals surface area (Å²) in [4.78, 5) is 10.4. The van der Waals surface area contributed by atoms with Crippen molar-refractivity contribution >= 4 is 28.6 Å². The lowest BCUT2D eigenvalue weighted by molar-refractivity contribution is 0.438. The van der Waals surface area contributed by atoms with E-state index in [2.05, 4.69) is 4.98 Å². The van der Waals surface area contributed by atoms with Gasteiger partial charge < -0.3 is 9.52 Å². The molecule has 7 heteroatoms. The Morgan fingerprint density at radius 2 is 1.89 bits per heavy atom. The van der Waals surface area contributed by atoms with Crippen LogP contribution in [0, 0.1) is 0 Å². The van der Waals surface area contributed by atoms with E-state index in [-0.39, 0.29) is 5.88 Å². The summed E-state index contributed by atoms with van der Waals surface area (Å²) in [7, 11) is 0. The van der Waals surface area contributed by atoms with E-state index in [4.69, 9.17) is 21.0 Å². The largest absolute Gasteiger partial charge is 0.493 e. The Morgan fingerprint density at radius 1 is 1.04 bits per heavy atom. The van der Waals surface area contributed by atoms with Crippen LogP contribution in [0.2, 0.25) is 4.34 Å². The summed E-state index contributed by atoms with van der Waals surface area (Å²) < 4.78 is 7.76. The molecule has 0 saturated heterocycles. The molecule has 4 heterocycles. The molecule has 0 aliphatic carbocycles. The minimum atomic E-state index is 0.0786. The maximum Gasteiger partial charge on any atom is 0.219 e. The molecule has 0 radical (unpaired) electrons. The highest BCUT2D eigenvalue weighted by atomic mass is 35.5. The third-order valence-corrected chi connectivity index (χ3v) is 5.69. The van der Waals surface area contributed by atoms with E-state index < -0.39 is 0 Å². The lowest BCUT2D eigenvalue weighted by Gasteiger charge is -2.07. The third-order valence-electron chi connectivity index (χ3n) is 4.45. The fourth-order valence-corrected chi connectivity index (χ4v) is 4.16. The second kappa shape index (κ2) is 6.82. The molecule has 138 valence electrons. The van der Waals surface area contributed by atoms with Crippen LogP contribution < -0.4 is 0 Å². The summed E-state index contributed by atoms with van der Waals surface area (Å²) in [5, 5.41) is 10.8. The number of aromatic hydroxyl groups is 1. The molecule has 0 fully saturated rings. The van der Waals surface area contributed by atoms with Gasteiger partial charge in [-0.25, -0.2) is 9.97 Å². The highest BCUT2D eigenvalue weighted by molar-refractivity contribution is 7.19. The molecule has 1 N–H and O–H groups in total. The molecule has 5 aromatic rings. The average molecular weight is 408 g/mol. The molecule has 0 unspecified atom stereocenters. The van der Waals surface area contributed by atoms with Crippen molar-refractivity contribution in [1.29, 1.82) is 0 Å². The fraction of sp³-hybridized carbons (Fsp3) is 0.0476. The van der Waals surface area contributed by atoms with Gasteiger partial charge >= 0.3 is 0 Å². The molecule has 0 amide bonds. The number of fused-ring (bicyclic) bond motifs is 1. The van der Waals surface area contributed by atoms with E-state index in [1.165, 1.54) is 11.3 Å². The standard InChI is InChI=1S/C21H14ClN3O2S/c22-18-9-8-17(28-18)19-20-24-15(11-14-7-4-10-27-14)21(26)25(20)12-16(23-19)13-5-2-1-3-6-13/h1-10,12,26H,11H2. The fourth-order valence-electron chi connectivity index (χ4n) is 3.13. The van der Waals surface area contributed by atoms with Crippen LogP contribution in [0.3, 0.4) is 0 Å². The molecule has 0 atom stereocenters. The quantitative estimate of drug-likeness (QED) is 0.417. The van der Waals surface area contributed by atoms with E-state index in [9.17, 15) is 5.11 Å². The number of furan rings is 1. The average Bonchev–Trinajstić information content (AvgIpc) is 3.45. The molecule has 4 aromatic heterocycles. The van der Waals surface area contributed by atoms with Crippen molar-refractivity contribution in [2.45, 2.75) is 6.42 Å². The first-order valence-corrected chi connectivity index (χ1v) is 9.83. The predicted octanol–water partition coefficient (Wildman–Crippen LogP) is 5.67.